The fourth-order valence-electron chi connectivity index (χ4n) is 3.61. The van der Waals surface area contributed by atoms with Crippen molar-refractivity contribution in [3.63, 3.8) is 0 Å². The number of ether oxygens (including phenoxy) is 2. The van der Waals surface area contributed by atoms with Gasteiger partial charge in [0.2, 0.25) is 0 Å². The molecule has 23 heavy (non-hydrogen) atoms. The van der Waals surface area contributed by atoms with Crippen LogP contribution in [-0.4, -0.2) is 31.5 Å². The molecule has 0 radical (unpaired) electrons. The largest absolute Gasteiger partial charge is 0.446 e. The minimum atomic E-state index is -0.662. The van der Waals surface area contributed by atoms with Gasteiger partial charge in [0.25, 0.3) is 0 Å². The highest BCUT2D eigenvalue weighted by Gasteiger charge is 2.23. The fraction of sp³-hybridized carbons (Fsp3) is 0.611. The average molecular weight is 318 g/mol. The Morgan fingerprint density at radius 3 is 2.30 bits per heavy atom. The molecule has 1 saturated carbocycles. The number of primary amides is 1. The fourth-order valence-corrected chi connectivity index (χ4v) is 3.61. The second-order valence-electron chi connectivity index (χ2n) is 6.56. The normalized spacial score (nSPS) is 25.7. The Balaban J connectivity index is 1.48. The van der Waals surface area contributed by atoms with Crippen molar-refractivity contribution in [1.29, 1.82) is 0 Å². The lowest BCUT2D eigenvalue weighted by Crippen LogP contribution is -2.32. The molecule has 2 aliphatic rings. The first-order valence-electron chi connectivity index (χ1n) is 8.61. The van der Waals surface area contributed by atoms with Gasteiger partial charge in [-0.05, 0) is 62.1 Å². The Hall–Kier alpha value is -1.75. The summed E-state index contributed by atoms with van der Waals surface area (Å²) in [6.07, 6.45) is 5.32. The molecule has 0 aromatic heterocycles. The Morgan fingerprint density at radius 1 is 1.04 bits per heavy atom. The van der Waals surface area contributed by atoms with Crippen molar-refractivity contribution in [1.82, 2.24) is 0 Å². The molecule has 0 bridgehead atoms. The predicted octanol–water partition coefficient (Wildman–Crippen LogP) is 3.40. The molecule has 1 amide bonds. The maximum Gasteiger partial charge on any atom is 0.404 e. The van der Waals surface area contributed by atoms with E-state index in [1.165, 1.54) is 11.3 Å². The molecule has 3 N–H and O–H groups in total. The molecule has 0 spiro atoms. The van der Waals surface area contributed by atoms with E-state index >= 15 is 0 Å². The quantitative estimate of drug-likeness (QED) is 0.892. The van der Waals surface area contributed by atoms with E-state index in [-0.39, 0.29) is 6.10 Å². The number of hydrogen-bond acceptors (Lipinski definition) is 4. The minimum absolute atomic E-state index is 0.0125. The third kappa shape index (κ3) is 4.61. The first-order valence-corrected chi connectivity index (χ1v) is 8.61. The van der Waals surface area contributed by atoms with Crippen LogP contribution in [0.1, 0.15) is 50.0 Å². The molecule has 0 atom stereocenters. The van der Waals surface area contributed by atoms with Gasteiger partial charge in [-0.25, -0.2) is 4.79 Å². The van der Waals surface area contributed by atoms with Crippen molar-refractivity contribution < 1.29 is 14.3 Å². The number of carbonyl (C=O) groups is 1. The first-order chi connectivity index (χ1) is 11.2. The molecule has 3 rings (SSSR count). The zero-order valence-electron chi connectivity index (χ0n) is 13.5. The average Bonchev–Trinajstić information content (AvgIpc) is 2.58. The number of carbonyl (C=O) groups excluding carboxylic acids is 1. The van der Waals surface area contributed by atoms with Crippen LogP contribution in [0.25, 0.3) is 0 Å². The van der Waals surface area contributed by atoms with Gasteiger partial charge in [0, 0.05) is 24.9 Å². The smallest absolute Gasteiger partial charge is 0.404 e. The number of amides is 1. The maximum absolute atomic E-state index is 10.8. The Kier molecular flexibility index (Phi) is 5.39. The van der Waals surface area contributed by atoms with Crippen molar-refractivity contribution in [2.24, 2.45) is 5.73 Å². The summed E-state index contributed by atoms with van der Waals surface area (Å²) in [5.41, 5.74) is 7.65. The third-order valence-electron chi connectivity index (χ3n) is 4.93. The van der Waals surface area contributed by atoms with Crippen LogP contribution in [0.3, 0.4) is 0 Å². The summed E-state index contributed by atoms with van der Waals surface area (Å²) >= 11 is 0. The zero-order chi connectivity index (χ0) is 16.1. The molecule has 0 unspecified atom stereocenters. The van der Waals surface area contributed by atoms with Gasteiger partial charge in [0.05, 0.1) is 0 Å². The highest BCUT2D eigenvalue weighted by molar-refractivity contribution is 5.64. The number of nitrogens with one attached hydrogen (secondary N) is 1. The number of hydrogen-bond donors (Lipinski definition) is 2. The molecular weight excluding hydrogens is 292 g/mol. The Morgan fingerprint density at radius 2 is 1.70 bits per heavy atom. The van der Waals surface area contributed by atoms with E-state index in [0.29, 0.717) is 12.0 Å². The molecule has 1 saturated heterocycles. The molecule has 1 aliphatic heterocycles. The van der Waals surface area contributed by atoms with Gasteiger partial charge in [-0.2, -0.15) is 0 Å². The summed E-state index contributed by atoms with van der Waals surface area (Å²) in [4.78, 5) is 10.8. The standard InChI is InChI=1S/C18H26N2O3/c19-18(21)23-17-7-5-16(6-8-17)20-15-3-1-13(2-4-15)14-9-11-22-12-10-14/h1-4,14,16-17,20H,5-12H2,(H2,19,21). The van der Waals surface area contributed by atoms with Crippen LogP contribution >= 0.6 is 0 Å². The molecule has 126 valence electrons. The van der Waals surface area contributed by atoms with Gasteiger partial charge in [0.15, 0.2) is 0 Å². The van der Waals surface area contributed by atoms with Gasteiger partial charge < -0.3 is 20.5 Å². The second kappa shape index (κ2) is 7.68. The molecule has 2 fully saturated rings. The second-order valence-corrected chi connectivity index (χ2v) is 6.56. The monoisotopic (exact) mass is 318 g/mol. The van der Waals surface area contributed by atoms with Gasteiger partial charge in [-0.1, -0.05) is 12.1 Å². The molecular formula is C18H26N2O3. The van der Waals surface area contributed by atoms with Crippen molar-refractivity contribution >= 4 is 11.8 Å². The van der Waals surface area contributed by atoms with Crippen LogP contribution < -0.4 is 11.1 Å². The van der Waals surface area contributed by atoms with Gasteiger partial charge in [-0.15, -0.1) is 0 Å². The van der Waals surface area contributed by atoms with Crippen molar-refractivity contribution in [3.8, 4) is 0 Å². The van der Waals surface area contributed by atoms with E-state index in [4.69, 9.17) is 15.2 Å². The Bertz CT molecular complexity index is 504. The van der Waals surface area contributed by atoms with Gasteiger partial charge >= 0.3 is 6.09 Å². The van der Waals surface area contributed by atoms with Gasteiger partial charge in [-0.3, -0.25) is 0 Å². The summed E-state index contributed by atoms with van der Waals surface area (Å²) in [5, 5.41) is 3.59. The molecule has 5 nitrogen and oxygen atoms in total. The van der Waals surface area contributed by atoms with Crippen molar-refractivity contribution in [2.45, 2.75) is 56.6 Å². The van der Waals surface area contributed by atoms with Crippen LogP contribution in [0.2, 0.25) is 0 Å². The topological polar surface area (TPSA) is 73.6 Å². The lowest BCUT2D eigenvalue weighted by molar-refractivity contribution is 0.0805. The molecule has 5 heteroatoms. The number of rotatable bonds is 4. The van der Waals surface area contributed by atoms with Crippen molar-refractivity contribution in [2.75, 3.05) is 18.5 Å². The van der Waals surface area contributed by atoms with E-state index < -0.39 is 6.09 Å². The predicted molar refractivity (Wildman–Crippen MR) is 89.6 cm³/mol. The van der Waals surface area contributed by atoms with Crippen LogP contribution in [-0.2, 0) is 9.47 Å². The SMILES string of the molecule is NC(=O)OC1CCC(Nc2ccc(C3CCOCC3)cc2)CC1. The summed E-state index contributed by atoms with van der Waals surface area (Å²) in [6, 6.07) is 9.27. The van der Waals surface area contributed by atoms with Gasteiger partial charge in [0.1, 0.15) is 6.10 Å². The number of anilines is 1. The summed E-state index contributed by atoms with van der Waals surface area (Å²) < 4.78 is 10.5. The Labute approximate surface area is 137 Å². The molecule has 1 heterocycles. The lowest BCUT2D eigenvalue weighted by Gasteiger charge is -2.29. The maximum atomic E-state index is 10.8. The first kappa shape index (κ1) is 16.1. The molecule has 1 aromatic rings. The van der Waals surface area contributed by atoms with Crippen LogP contribution in [0.4, 0.5) is 10.5 Å². The minimum Gasteiger partial charge on any atom is -0.446 e. The summed E-state index contributed by atoms with van der Waals surface area (Å²) in [5.74, 6) is 0.638. The van der Waals surface area contributed by atoms with Crippen molar-refractivity contribution in [3.05, 3.63) is 29.8 Å². The lowest BCUT2D eigenvalue weighted by atomic mass is 9.91. The van der Waals surface area contributed by atoms with Crippen LogP contribution in [0.15, 0.2) is 24.3 Å². The molecule has 1 aromatic carbocycles. The number of nitrogens with two attached hydrogens (primary N) is 1. The zero-order valence-corrected chi connectivity index (χ0v) is 13.5. The third-order valence-corrected chi connectivity index (χ3v) is 4.93. The van der Waals surface area contributed by atoms with E-state index in [1.807, 2.05) is 0 Å². The van der Waals surface area contributed by atoms with Crippen LogP contribution in [0.5, 0.6) is 0 Å². The summed E-state index contributed by atoms with van der Waals surface area (Å²) in [7, 11) is 0. The van der Waals surface area contributed by atoms with Crippen LogP contribution in [0, 0.1) is 0 Å². The highest BCUT2D eigenvalue weighted by atomic mass is 16.6. The molecule has 1 aliphatic carbocycles. The number of benzene rings is 1. The highest BCUT2D eigenvalue weighted by Crippen LogP contribution is 2.29. The van der Waals surface area contributed by atoms with E-state index in [9.17, 15) is 4.79 Å². The van der Waals surface area contributed by atoms with E-state index in [1.54, 1.807) is 0 Å². The van der Waals surface area contributed by atoms with E-state index in [2.05, 4.69) is 29.6 Å². The van der Waals surface area contributed by atoms with E-state index in [0.717, 1.165) is 51.7 Å². The summed E-state index contributed by atoms with van der Waals surface area (Å²) in [6.45, 7) is 1.75.